The Morgan fingerprint density at radius 3 is 2.69 bits per heavy atom. The first-order chi connectivity index (χ1) is 12.5. The van der Waals surface area contributed by atoms with E-state index in [2.05, 4.69) is 26.9 Å². The lowest BCUT2D eigenvalue weighted by atomic mass is 10.1. The van der Waals surface area contributed by atoms with Crippen molar-refractivity contribution in [3.05, 3.63) is 53.6 Å². The zero-order valence-corrected chi connectivity index (χ0v) is 15.6. The van der Waals surface area contributed by atoms with Crippen LogP contribution in [0.4, 0.5) is 5.69 Å². The van der Waals surface area contributed by atoms with E-state index in [4.69, 9.17) is 4.74 Å². The lowest BCUT2D eigenvalue weighted by molar-refractivity contribution is -0.113. The van der Waals surface area contributed by atoms with Crippen molar-refractivity contribution in [2.75, 3.05) is 18.2 Å². The van der Waals surface area contributed by atoms with Crippen molar-refractivity contribution in [3.63, 3.8) is 0 Å². The number of benzene rings is 2. The fourth-order valence-electron chi connectivity index (χ4n) is 2.53. The Labute approximate surface area is 155 Å². The van der Waals surface area contributed by atoms with Gasteiger partial charge in [0.25, 0.3) is 0 Å². The van der Waals surface area contributed by atoms with Crippen molar-refractivity contribution in [2.45, 2.75) is 19.0 Å². The van der Waals surface area contributed by atoms with E-state index in [1.54, 1.807) is 17.9 Å². The number of tetrazole rings is 1. The Balaban J connectivity index is 1.67. The number of amides is 1. The van der Waals surface area contributed by atoms with Gasteiger partial charge in [0.15, 0.2) is 0 Å². The average Bonchev–Trinajstić information content (AvgIpc) is 3.08. The van der Waals surface area contributed by atoms with Crippen molar-refractivity contribution >= 4 is 23.4 Å². The summed E-state index contributed by atoms with van der Waals surface area (Å²) in [6.45, 7) is 4.05. The number of thioether (sulfide) groups is 1. The second-order valence-electron chi connectivity index (χ2n) is 5.79. The fourth-order valence-corrected chi connectivity index (χ4v) is 3.22. The van der Waals surface area contributed by atoms with Gasteiger partial charge in [-0.2, -0.15) is 4.68 Å². The highest BCUT2D eigenvalue weighted by Crippen LogP contribution is 2.21. The molecular weight excluding hydrogens is 350 g/mol. The minimum atomic E-state index is -0.141. The SMILES string of the molecule is COc1cccc(NC(=O)CSc2nnnn2-c2cc(C)cc(C)c2)c1. The lowest BCUT2D eigenvalue weighted by Gasteiger charge is -2.08. The Bertz CT molecular complexity index is 905. The Hall–Kier alpha value is -2.87. The maximum atomic E-state index is 12.2. The molecule has 0 unspecified atom stereocenters. The van der Waals surface area contributed by atoms with Crippen LogP contribution in [0.25, 0.3) is 5.69 Å². The smallest absolute Gasteiger partial charge is 0.234 e. The first-order valence-electron chi connectivity index (χ1n) is 7.99. The normalized spacial score (nSPS) is 10.6. The topological polar surface area (TPSA) is 81.9 Å². The van der Waals surface area contributed by atoms with Gasteiger partial charge in [0.2, 0.25) is 11.1 Å². The summed E-state index contributed by atoms with van der Waals surface area (Å²) in [5.41, 5.74) is 3.82. The van der Waals surface area contributed by atoms with Crippen LogP contribution >= 0.6 is 11.8 Å². The zero-order valence-electron chi connectivity index (χ0n) is 14.8. The summed E-state index contributed by atoms with van der Waals surface area (Å²) in [4.78, 5) is 12.2. The summed E-state index contributed by atoms with van der Waals surface area (Å²) in [7, 11) is 1.59. The fraction of sp³-hybridized carbons (Fsp3) is 0.222. The van der Waals surface area contributed by atoms with Crippen LogP contribution < -0.4 is 10.1 Å². The average molecular weight is 369 g/mol. The summed E-state index contributed by atoms with van der Waals surface area (Å²) >= 11 is 1.28. The van der Waals surface area contributed by atoms with Crippen molar-refractivity contribution in [3.8, 4) is 11.4 Å². The van der Waals surface area contributed by atoms with Gasteiger partial charge in [0, 0.05) is 11.8 Å². The number of hydrogen-bond acceptors (Lipinski definition) is 6. The van der Waals surface area contributed by atoms with Crippen LogP contribution in [-0.4, -0.2) is 39.0 Å². The lowest BCUT2D eigenvalue weighted by Crippen LogP contribution is -2.14. The molecule has 7 nitrogen and oxygen atoms in total. The highest BCUT2D eigenvalue weighted by Gasteiger charge is 2.12. The molecule has 2 aromatic carbocycles. The molecule has 1 aromatic heterocycles. The zero-order chi connectivity index (χ0) is 18.5. The number of anilines is 1. The minimum absolute atomic E-state index is 0.141. The molecule has 26 heavy (non-hydrogen) atoms. The molecule has 134 valence electrons. The summed E-state index contributed by atoms with van der Waals surface area (Å²) in [5.74, 6) is 0.745. The molecule has 0 atom stereocenters. The van der Waals surface area contributed by atoms with E-state index in [1.807, 2.05) is 44.2 Å². The van der Waals surface area contributed by atoms with Crippen LogP contribution in [0.1, 0.15) is 11.1 Å². The third kappa shape index (κ3) is 4.40. The third-order valence-corrected chi connectivity index (χ3v) is 4.50. The van der Waals surface area contributed by atoms with E-state index < -0.39 is 0 Å². The van der Waals surface area contributed by atoms with Gasteiger partial charge < -0.3 is 10.1 Å². The molecule has 1 heterocycles. The summed E-state index contributed by atoms with van der Waals surface area (Å²) < 4.78 is 6.80. The van der Waals surface area contributed by atoms with Crippen molar-refractivity contribution in [2.24, 2.45) is 0 Å². The maximum absolute atomic E-state index is 12.2. The number of methoxy groups -OCH3 is 1. The summed E-state index contributed by atoms with van der Waals surface area (Å²) in [6, 6.07) is 13.3. The second kappa shape index (κ2) is 8.01. The first-order valence-corrected chi connectivity index (χ1v) is 8.97. The number of rotatable bonds is 6. The highest BCUT2D eigenvalue weighted by atomic mass is 32.2. The number of aromatic nitrogens is 4. The number of nitrogens with one attached hydrogen (secondary N) is 1. The molecule has 0 aliphatic carbocycles. The highest BCUT2D eigenvalue weighted by molar-refractivity contribution is 7.99. The van der Waals surface area contributed by atoms with Crippen LogP contribution in [-0.2, 0) is 4.79 Å². The molecular formula is C18H19N5O2S. The molecule has 0 aliphatic rings. The molecule has 0 radical (unpaired) electrons. The molecule has 0 fully saturated rings. The van der Waals surface area contributed by atoms with Gasteiger partial charge in [-0.15, -0.1) is 5.10 Å². The predicted octanol–water partition coefficient (Wildman–Crippen LogP) is 3.02. The number of carbonyl (C=O) groups is 1. The van der Waals surface area contributed by atoms with Crippen LogP contribution in [0.2, 0.25) is 0 Å². The Kier molecular flexibility index (Phi) is 5.52. The standard InChI is InChI=1S/C18H19N5O2S/c1-12-7-13(2)9-15(8-12)23-18(20-21-22-23)26-11-17(24)19-14-5-4-6-16(10-14)25-3/h4-10H,11H2,1-3H3,(H,19,24). The van der Waals surface area contributed by atoms with Gasteiger partial charge in [-0.1, -0.05) is 23.9 Å². The van der Waals surface area contributed by atoms with Crippen LogP contribution in [0.5, 0.6) is 5.75 Å². The quantitative estimate of drug-likeness (QED) is 0.673. The van der Waals surface area contributed by atoms with Gasteiger partial charge in [-0.3, -0.25) is 4.79 Å². The number of carbonyl (C=O) groups excluding carboxylic acids is 1. The predicted molar refractivity (Wildman–Crippen MR) is 101 cm³/mol. The number of nitrogens with zero attached hydrogens (tertiary/aromatic N) is 4. The maximum Gasteiger partial charge on any atom is 0.234 e. The van der Waals surface area contributed by atoms with Gasteiger partial charge in [-0.05, 0) is 59.7 Å². The monoisotopic (exact) mass is 369 g/mol. The molecule has 0 bridgehead atoms. The van der Waals surface area contributed by atoms with Crippen molar-refractivity contribution in [1.29, 1.82) is 0 Å². The second-order valence-corrected chi connectivity index (χ2v) is 6.73. The van der Waals surface area contributed by atoms with Crippen molar-refractivity contribution in [1.82, 2.24) is 20.2 Å². The molecule has 3 aromatic rings. The van der Waals surface area contributed by atoms with Crippen molar-refractivity contribution < 1.29 is 9.53 Å². The Morgan fingerprint density at radius 1 is 1.19 bits per heavy atom. The molecule has 0 saturated carbocycles. The van der Waals surface area contributed by atoms with Gasteiger partial charge >= 0.3 is 0 Å². The number of hydrogen-bond donors (Lipinski definition) is 1. The molecule has 0 aliphatic heterocycles. The molecule has 1 N–H and O–H groups in total. The largest absolute Gasteiger partial charge is 0.497 e. The molecule has 3 rings (SSSR count). The van der Waals surface area contributed by atoms with E-state index in [-0.39, 0.29) is 11.7 Å². The molecule has 1 amide bonds. The van der Waals surface area contributed by atoms with Gasteiger partial charge in [0.05, 0.1) is 18.6 Å². The van der Waals surface area contributed by atoms with Crippen LogP contribution in [0, 0.1) is 13.8 Å². The van der Waals surface area contributed by atoms with E-state index >= 15 is 0 Å². The Morgan fingerprint density at radius 2 is 1.96 bits per heavy atom. The first kappa shape index (κ1) is 17.9. The molecule has 0 spiro atoms. The number of aryl methyl sites for hydroxylation is 2. The van der Waals surface area contributed by atoms with Gasteiger partial charge in [-0.25, -0.2) is 0 Å². The van der Waals surface area contributed by atoms with E-state index in [9.17, 15) is 4.79 Å². The minimum Gasteiger partial charge on any atom is -0.497 e. The summed E-state index contributed by atoms with van der Waals surface area (Å²) in [6.07, 6.45) is 0. The third-order valence-electron chi connectivity index (χ3n) is 3.58. The van der Waals surface area contributed by atoms with E-state index in [1.165, 1.54) is 11.8 Å². The number of ether oxygens (including phenoxy) is 1. The van der Waals surface area contributed by atoms with Crippen LogP contribution in [0.3, 0.4) is 0 Å². The summed E-state index contributed by atoms with van der Waals surface area (Å²) in [5, 5.41) is 15.2. The molecule has 0 saturated heterocycles. The van der Waals surface area contributed by atoms with E-state index in [0.29, 0.717) is 16.6 Å². The molecule has 8 heteroatoms. The van der Waals surface area contributed by atoms with Crippen LogP contribution in [0.15, 0.2) is 47.6 Å². The van der Waals surface area contributed by atoms with E-state index in [0.717, 1.165) is 16.8 Å². The van der Waals surface area contributed by atoms with Gasteiger partial charge in [0.1, 0.15) is 5.75 Å².